The fraction of sp³-hybridized carbons (Fsp3) is 0.292. The maximum Gasteiger partial charge on any atom is 0.252 e. The van der Waals surface area contributed by atoms with E-state index in [-0.39, 0.29) is 11.8 Å². The number of amides is 2. The second-order valence-electron chi connectivity index (χ2n) is 8.74. The van der Waals surface area contributed by atoms with Crippen LogP contribution in [0.4, 0.5) is 11.5 Å². The highest BCUT2D eigenvalue weighted by Crippen LogP contribution is 2.35. The summed E-state index contributed by atoms with van der Waals surface area (Å²) in [6.07, 6.45) is 5.30. The van der Waals surface area contributed by atoms with Gasteiger partial charge in [-0.2, -0.15) is 5.10 Å². The minimum absolute atomic E-state index is 0.101. The molecule has 2 aromatic heterocycles. The van der Waals surface area contributed by atoms with E-state index in [0.29, 0.717) is 25.5 Å². The Balaban J connectivity index is 1.59. The number of piperazine rings is 1. The van der Waals surface area contributed by atoms with E-state index >= 15 is 0 Å². The molecule has 3 aromatic rings. The quantitative estimate of drug-likeness (QED) is 0.669. The first-order valence-corrected chi connectivity index (χ1v) is 10.8. The summed E-state index contributed by atoms with van der Waals surface area (Å²) in [7, 11) is 0. The summed E-state index contributed by atoms with van der Waals surface area (Å²) in [5, 5.41) is 4.45. The van der Waals surface area contributed by atoms with Crippen LogP contribution in [0.1, 0.15) is 26.3 Å². The highest BCUT2D eigenvalue weighted by Gasteiger charge is 2.43. The van der Waals surface area contributed by atoms with Crippen molar-refractivity contribution in [1.29, 1.82) is 0 Å². The van der Waals surface area contributed by atoms with Gasteiger partial charge < -0.3 is 15.5 Å². The predicted octanol–water partition coefficient (Wildman–Crippen LogP) is 2.42. The van der Waals surface area contributed by atoms with Crippen LogP contribution >= 0.6 is 0 Å². The van der Waals surface area contributed by atoms with E-state index in [1.54, 1.807) is 28.2 Å². The third-order valence-corrected chi connectivity index (χ3v) is 6.36. The van der Waals surface area contributed by atoms with Gasteiger partial charge in [0.1, 0.15) is 17.4 Å². The zero-order valence-corrected chi connectivity index (χ0v) is 18.8. The smallest absolute Gasteiger partial charge is 0.252 e. The summed E-state index contributed by atoms with van der Waals surface area (Å²) in [5.74, 6) is 0.178. The zero-order chi connectivity index (χ0) is 23.3. The third-order valence-electron chi connectivity index (χ3n) is 6.36. The molecule has 33 heavy (non-hydrogen) atoms. The first-order chi connectivity index (χ1) is 15.8. The van der Waals surface area contributed by atoms with Gasteiger partial charge >= 0.3 is 0 Å². The number of aliphatic imine (C=N–C) groups is 1. The van der Waals surface area contributed by atoms with E-state index in [9.17, 15) is 9.59 Å². The fourth-order valence-corrected chi connectivity index (χ4v) is 4.69. The van der Waals surface area contributed by atoms with Gasteiger partial charge in [0.2, 0.25) is 5.91 Å². The van der Waals surface area contributed by atoms with Gasteiger partial charge in [0, 0.05) is 43.0 Å². The Morgan fingerprint density at radius 1 is 1.18 bits per heavy atom. The summed E-state index contributed by atoms with van der Waals surface area (Å²) in [5.41, 5.74) is 10.4. The SMILES string of the molecule is CC(=O)N1CCN(c2cccc(-c3cc(C4=CCN=C4)c4c(N)ncnn34)c2)C(=O)C1(C)C. The molecule has 0 aliphatic carbocycles. The lowest BCUT2D eigenvalue weighted by atomic mass is 9.96. The summed E-state index contributed by atoms with van der Waals surface area (Å²) in [4.78, 5) is 37.2. The van der Waals surface area contributed by atoms with Gasteiger partial charge in [-0.15, -0.1) is 0 Å². The van der Waals surface area contributed by atoms with E-state index in [2.05, 4.69) is 15.1 Å². The van der Waals surface area contributed by atoms with Crippen LogP contribution in [-0.2, 0) is 9.59 Å². The molecule has 1 fully saturated rings. The second kappa shape index (κ2) is 7.54. The molecule has 2 N–H and O–H groups in total. The average Bonchev–Trinajstić information content (AvgIpc) is 3.44. The molecule has 5 rings (SSSR count). The number of carbonyl (C=O) groups excluding carboxylic acids is 2. The Hall–Kier alpha value is -4.01. The average molecular weight is 444 g/mol. The van der Waals surface area contributed by atoms with Crippen molar-refractivity contribution in [2.24, 2.45) is 4.99 Å². The Morgan fingerprint density at radius 3 is 2.73 bits per heavy atom. The predicted molar refractivity (Wildman–Crippen MR) is 128 cm³/mol. The normalized spacial score (nSPS) is 17.7. The highest BCUT2D eigenvalue weighted by molar-refractivity contribution is 6.15. The van der Waals surface area contributed by atoms with Crippen molar-refractivity contribution in [3.8, 4) is 11.3 Å². The van der Waals surface area contributed by atoms with Crippen molar-refractivity contribution in [3.05, 3.63) is 48.3 Å². The van der Waals surface area contributed by atoms with Gasteiger partial charge in [-0.05, 0) is 37.6 Å². The first kappa shape index (κ1) is 20.9. The molecule has 2 aliphatic rings. The molecular weight excluding hydrogens is 418 g/mol. The number of anilines is 2. The van der Waals surface area contributed by atoms with Gasteiger partial charge in [-0.25, -0.2) is 9.50 Å². The van der Waals surface area contributed by atoms with Crippen molar-refractivity contribution in [3.63, 3.8) is 0 Å². The molecule has 0 spiro atoms. The van der Waals surface area contributed by atoms with Crippen LogP contribution < -0.4 is 10.6 Å². The third kappa shape index (κ3) is 3.27. The van der Waals surface area contributed by atoms with E-state index in [1.807, 2.05) is 42.6 Å². The Bertz CT molecular complexity index is 1350. The summed E-state index contributed by atoms with van der Waals surface area (Å²) < 4.78 is 1.78. The number of benzene rings is 1. The number of hydrogen-bond donors (Lipinski definition) is 1. The number of nitrogen functional groups attached to an aromatic ring is 1. The molecular formula is C24H25N7O2. The van der Waals surface area contributed by atoms with Crippen molar-refractivity contribution >= 4 is 40.6 Å². The summed E-state index contributed by atoms with van der Waals surface area (Å²) in [6.45, 7) is 6.62. The number of nitrogens with zero attached hydrogens (tertiary/aromatic N) is 6. The summed E-state index contributed by atoms with van der Waals surface area (Å²) in [6, 6.07) is 9.81. The molecule has 0 bridgehead atoms. The van der Waals surface area contributed by atoms with Crippen LogP contribution in [-0.4, -0.2) is 62.7 Å². The first-order valence-electron chi connectivity index (χ1n) is 10.8. The lowest BCUT2D eigenvalue weighted by Crippen LogP contribution is -2.64. The molecule has 9 nitrogen and oxygen atoms in total. The molecule has 0 radical (unpaired) electrons. The molecule has 0 unspecified atom stereocenters. The lowest BCUT2D eigenvalue weighted by molar-refractivity contribution is -0.145. The molecule has 168 valence electrons. The van der Waals surface area contributed by atoms with Crippen LogP contribution in [0.3, 0.4) is 0 Å². The van der Waals surface area contributed by atoms with Gasteiger partial charge in [0.15, 0.2) is 5.82 Å². The standard InChI is InChI=1S/C24H25N7O2/c1-15(32)30-10-9-29(23(33)24(30,2)3)18-6-4-5-16(11-18)20-12-19(17-7-8-26-13-17)21-22(25)27-14-28-31(20)21/h4-7,11-14H,8-10H2,1-3H3,(H2,25,27,28). The Morgan fingerprint density at radius 2 is 2.00 bits per heavy atom. The fourth-order valence-electron chi connectivity index (χ4n) is 4.69. The van der Waals surface area contributed by atoms with Crippen LogP contribution in [0.25, 0.3) is 22.3 Å². The van der Waals surface area contributed by atoms with Gasteiger partial charge in [-0.1, -0.05) is 18.2 Å². The molecule has 4 heterocycles. The van der Waals surface area contributed by atoms with Gasteiger partial charge in [0.25, 0.3) is 5.91 Å². The number of rotatable bonds is 3. The molecule has 0 atom stereocenters. The monoisotopic (exact) mass is 443 g/mol. The molecule has 0 saturated carbocycles. The lowest BCUT2D eigenvalue weighted by Gasteiger charge is -2.45. The van der Waals surface area contributed by atoms with Crippen molar-refractivity contribution in [2.45, 2.75) is 26.3 Å². The highest BCUT2D eigenvalue weighted by atomic mass is 16.2. The zero-order valence-electron chi connectivity index (χ0n) is 18.8. The van der Waals surface area contributed by atoms with Crippen molar-refractivity contribution in [1.82, 2.24) is 19.5 Å². The van der Waals surface area contributed by atoms with E-state index in [0.717, 1.165) is 33.6 Å². The molecule has 2 amide bonds. The Kier molecular flexibility index (Phi) is 4.77. The van der Waals surface area contributed by atoms with Crippen LogP contribution in [0, 0.1) is 0 Å². The van der Waals surface area contributed by atoms with Crippen LogP contribution in [0.2, 0.25) is 0 Å². The number of fused-ring (bicyclic) bond motifs is 1. The van der Waals surface area contributed by atoms with Crippen LogP contribution in [0.15, 0.2) is 47.7 Å². The number of aromatic nitrogens is 3. The number of carbonyl (C=O) groups is 2. The number of allylic oxidation sites excluding steroid dienone is 1. The number of hydrogen-bond acceptors (Lipinski definition) is 6. The molecule has 2 aliphatic heterocycles. The van der Waals surface area contributed by atoms with Crippen molar-refractivity contribution in [2.75, 3.05) is 30.3 Å². The van der Waals surface area contributed by atoms with Crippen LogP contribution in [0.5, 0.6) is 0 Å². The Labute approximate surface area is 191 Å². The second-order valence-corrected chi connectivity index (χ2v) is 8.74. The summed E-state index contributed by atoms with van der Waals surface area (Å²) >= 11 is 0. The molecule has 1 aromatic carbocycles. The van der Waals surface area contributed by atoms with Gasteiger partial charge in [0.05, 0.1) is 12.2 Å². The van der Waals surface area contributed by atoms with Crippen molar-refractivity contribution < 1.29 is 9.59 Å². The largest absolute Gasteiger partial charge is 0.382 e. The van der Waals surface area contributed by atoms with E-state index < -0.39 is 5.54 Å². The topological polar surface area (TPSA) is 109 Å². The molecule has 1 saturated heterocycles. The van der Waals surface area contributed by atoms with E-state index in [4.69, 9.17) is 5.73 Å². The maximum atomic E-state index is 13.3. The van der Waals surface area contributed by atoms with Gasteiger partial charge in [-0.3, -0.25) is 14.6 Å². The number of nitrogens with two attached hydrogens (primary N) is 1. The minimum Gasteiger partial charge on any atom is -0.382 e. The minimum atomic E-state index is -0.912. The van der Waals surface area contributed by atoms with E-state index in [1.165, 1.54) is 13.3 Å². The maximum absolute atomic E-state index is 13.3. The molecule has 9 heteroatoms.